The molecule has 1 aromatic rings. The maximum atomic E-state index is 11.2. The SMILES string of the molecule is CC[C@H](C)Sc1ccc(S(C)(=O)=O)cc1. The van der Waals surface area contributed by atoms with E-state index < -0.39 is 9.84 Å². The Labute approximate surface area is 96.0 Å². The molecule has 0 fully saturated rings. The van der Waals surface area contributed by atoms with E-state index in [4.69, 9.17) is 0 Å². The van der Waals surface area contributed by atoms with Crippen LogP contribution in [0.15, 0.2) is 34.1 Å². The van der Waals surface area contributed by atoms with Gasteiger partial charge in [-0.15, -0.1) is 11.8 Å². The molecule has 0 aromatic heterocycles. The lowest BCUT2D eigenvalue weighted by Gasteiger charge is -2.08. The van der Waals surface area contributed by atoms with E-state index in [-0.39, 0.29) is 0 Å². The molecule has 0 saturated heterocycles. The molecule has 0 aliphatic heterocycles. The monoisotopic (exact) mass is 244 g/mol. The minimum atomic E-state index is -3.06. The molecule has 0 amide bonds. The van der Waals surface area contributed by atoms with E-state index in [2.05, 4.69) is 13.8 Å². The topological polar surface area (TPSA) is 34.1 Å². The van der Waals surface area contributed by atoms with Crippen LogP contribution < -0.4 is 0 Å². The van der Waals surface area contributed by atoms with Crippen LogP contribution in [0.2, 0.25) is 0 Å². The molecular weight excluding hydrogens is 228 g/mol. The number of benzene rings is 1. The second-order valence-corrected chi connectivity index (χ2v) is 7.11. The van der Waals surface area contributed by atoms with Gasteiger partial charge < -0.3 is 0 Å². The summed E-state index contributed by atoms with van der Waals surface area (Å²) in [5.41, 5.74) is 0. The van der Waals surface area contributed by atoms with Gasteiger partial charge in [-0.3, -0.25) is 0 Å². The minimum Gasteiger partial charge on any atom is -0.224 e. The lowest BCUT2D eigenvalue weighted by molar-refractivity contribution is 0.602. The third kappa shape index (κ3) is 3.87. The molecule has 1 atom stereocenters. The Morgan fingerprint density at radius 1 is 1.27 bits per heavy atom. The van der Waals surface area contributed by atoms with E-state index in [0.717, 1.165) is 11.3 Å². The number of rotatable bonds is 4. The molecule has 2 nitrogen and oxygen atoms in total. The predicted octanol–water partition coefficient (Wildman–Crippen LogP) is 2.98. The Balaban J connectivity index is 2.82. The van der Waals surface area contributed by atoms with Crippen LogP contribution in [-0.2, 0) is 9.84 Å². The summed E-state index contributed by atoms with van der Waals surface area (Å²) in [6, 6.07) is 7.07. The average molecular weight is 244 g/mol. The van der Waals surface area contributed by atoms with Crippen molar-refractivity contribution >= 4 is 21.6 Å². The van der Waals surface area contributed by atoms with Crippen LogP contribution in [0.3, 0.4) is 0 Å². The summed E-state index contributed by atoms with van der Waals surface area (Å²) >= 11 is 1.77. The molecule has 0 N–H and O–H groups in total. The van der Waals surface area contributed by atoms with E-state index in [1.54, 1.807) is 23.9 Å². The average Bonchev–Trinajstić information content (AvgIpc) is 2.17. The second-order valence-electron chi connectivity index (χ2n) is 3.58. The molecule has 0 saturated carbocycles. The smallest absolute Gasteiger partial charge is 0.175 e. The fourth-order valence-electron chi connectivity index (χ4n) is 1.08. The summed E-state index contributed by atoms with van der Waals surface area (Å²) in [6.45, 7) is 4.30. The van der Waals surface area contributed by atoms with Gasteiger partial charge in [0, 0.05) is 16.4 Å². The van der Waals surface area contributed by atoms with Crippen molar-refractivity contribution in [2.24, 2.45) is 0 Å². The molecule has 0 heterocycles. The molecule has 0 radical (unpaired) electrons. The summed E-state index contributed by atoms with van der Waals surface area (Å²) < 4.78 is 22.4. The number of hydrogen-bond acceptors (Lipinski definition) is 3. The number of sulfone groups is 1. The van der Waals surface area contributed by atoms with Crippen molar-refractivity contribution in [3.63, 3.8) is 0 Å². The number of hydrogen-bond donors (Lipinski definition) is 0. The first-order chi connectivity index (χ1) is 6.93. The van der Waals surface area contributed by atoms with Gasteiger partial charge in [0.2, 0.25) is 0 Å². The highest BCUT2D eigenvalue weighted by Gasteiger charge is 2.07. The van der Waals surface area contributed by atoms with Crippen LogP contribution in [-0.4, -0.2) is 19.9 Å². The van der Waals surface area contributed by atoms with Crippen molar-refractivity contribution in [1.82, 2.24) is 0 Å². The van der Waals surface area contributed by atoms with E-state index >= 15 is 0 Å². The first-order valence-corrected chi connectivity index (χ1v) is 7.67. The molecule has 0 aliphatic rings. The Bertz CT molecular complexity index is 407. The third-order valence-corrected chi connectivity index (χ3v) is 4.57. The zero-order valence-electron chi connectivity index (χ0n) is 9.23. The molecule has 84 valence electrons. The highest BCUT2D eigenvalue weighted by atomic mass is 32.2. The van der Waals surface area contributed by atoms with Gasteiger partial charge in [0.05, 0.1) is 4.90 Å². The molecule has 15 heavy (non-hydrogen) atoms. The fraction of sp³-hybridized carbons (Fsp3) is 0.455. The normalized spacial score (nSPS) is 13.8. The third-order valence-electron chi connectivity index (χ3n) is 2.16. The second kappa shape index (κ2) is 5.03. The van der Waals surface area contributed by atoms with Crippen molar-refractivity contribution in [2.45, 2.75) is 35.3 Å². The van der Waals surface area contributed by atoms with E-state index in [0.29, 0.717) is 10.1 Å². The summed E-state index contributed by atoms with van der Waals surface area (Å²) in [6.07, 6.45) is 2.34. The first kappa shape index (κ1) is 12.6. The van der Waals surface area contributed by atoms with Gasteiger partial charge >= 0.3 is 0 Å². The van der Waals surface area contributed by atoms with Crippen molar-refractivity contribution in [3.8, 4) is 0 Å². The maximum Gasteiger partial charge on any atom is 0.175 e. The van der Waals surface area contributed by atoms with Crippen LogP contribution >= 0.6 is 11.8 Å². The van der Waals surface area contributed by atoms with Crippen molar-refractivity contribution < 1.29 is 8.42 Å². The predicted molar refractivity (Wildman–Crippen MR) is 65.2 cm³/mol. The van der Waals surface area contributed by atoms with Gasteiger partial charge in [-0.05, 0) is 30.7 Å². The molecule has 1 aromatic carbocycles. The first-order valence-electron chi connectivity index (χ1n) is 4.90. The lowest BCUT2D eigenvalue weighted by Crippen LogP contribution is -1.97. The van der Waals surface area contributed by atoms with Gasteiger partial charge in [-0.25, -0.2) is 8.42 Å². The summed E-state index contributed by atoms with van der Waals surface area (Å²) in [4.78, 5) is 1.51. The van der Waals surface area contributed by atoms with Crippen molar-refractivity contribution in [2.75, 3.05) is 6.26 Å². The van der Waals surface area contributed by atoms with Crippen LogP contribution in [0.5, 0.6) is 0 Å². The van der Waals surface area contributed by atoms with E-state index in [1.165, 1.54) is 6.26 Å². The molecule has 0 aliphatic carbocycles. The maximum absolute atomic E-state index is 11.2. The van der Waals surface area contributed by atoms with Gasteiger partial charge in [-0.1, -0.05) is 13.8 Å². The van der Waals surface area contributed by atoms with Crippen LogP contribution in [0.25, 0.3) is 0 Å². The van der Waals surface area contributed by atoms with Crippen molar-refractivity contribution in [3.05, 3.63) is 24.3 Å². The molecule has 0 unspecified atom stereocenters. The lowest BCUT2D eigenvalue weighted by atomic mass is 10.4. The van der Waals surface area contributed by atoms with Crippen LogP contribution in [0.4, 0.5) is 0 Å². The Morgan fingerprint density at radius 2 is 1.80 bits per heavy atom. The van der Waals surface area contributed by atoms with Gasteiger partial charge in [0.15, 0.2) is 9.84 Å². The van der Waals surface area contributed by atoms with E-state index in [9.17, 15) is 8.42 Å². The zero-order chi connectivity index (χ0) is 11.5. The quantitative estimate of drug-likeness (QED) is 0.764. The van der Waals surface area contributed by atoms with Crippen LogP contribution in [0, 0.1) is 0 Å². The van der Waals surface area contributed by atoms with Crippen LogP contribution in [0.1, 0.15) is 20.3 Å². The summed E-state index contributed by atoms with van der Waals surface area (Å²) in [7, 11) is -3.06. The molecular formula is C11H16O2S2. The molecule has 1 rings (SSSR count). The van der Waals surface area contributed by atoms with E-state index in [1.807, 2.05) is 12.1 Å². The van der Waals surface area contributed by atoms with Gasteiger partial charge in [-0.2, -0.15) is 0 Å². The molecule has 0 spiro atoms. The molecule has 4 heteroatoms. The van der Waals surface area contributed by atoms with Gasteiger partial charge in [0.1, 0.15) is 0 Å². The highest BCUT2D eigenvalue weighted by Crippen LogP contribution is 2.25. The van der Waals surface area contributed by atoms with Gasteiger partial charge in [0.25, 0.3) is 0 Å². The Hall–Kier alpha value is -0.480. The molecule has 0 bridgehead atoms. The summed E-state index contributed by atoms with van der Waals surface area (Å²) in [5, 5.41) is 0.564. The summed E-state index contributed by atoms with van der Waals surface area (Å²) in [5.74, 6) is 0. The largest absolute Gasteiger partial charge is 0.224 e. The highest BCUT2D eigenvalue weighted by molar-refractivity contribution is 8.00. The standard InChI is InChI=1S/C11H16O2S2/c1-4-9(2)14-10-5-7-11(8-6-10)15(3,12)13/h5-9H,4H2,1-3H3/t9-/m0/s1. The minimum absolute atomic E-state index is 0.385. The van der Waals surface area contributed by atoms with Crippen molar-refractivity contribution in [1.29, 1.82) is 0 Å². The Morgan fingerprint density at radius 3 is 2.20 bits per heavy atom. The Kier molecular flexibility index (Phi) is 4.22. The number of thioether (sulfide) groups is 1. The zero-order valence-corrected chi connectivity index (χ0v) is 10.9. The fourth-order valence-corrected chi connectivity index (χ4v) is 2.64.